The van der Waals surface area contributed by atoms with Gasteiger partial charge in [0.2, 0.25) is 0 Å². The SMILES string of the molecule is CCCCCCCCN(C[C@H](C)O)C[C@H](C)O. The molecule has 0 heterocycles. The molecule has 0 aliphatic carbocycles. The first-order chi connectivity index (χ1) is 8.06. The molecule has 0 aromatic heterocycles. The van der Waals surface area contributed by atoms with Gasteiger partial charge in [-0.25, -0.2) is 0 Å². The molecule has 0 spiro atoms. The standard InChI is InChI=1S/C14H31NO2/c1-4-5-6-7-8-9-10-15(11-13(2)16)12-14(3)17/h13-14,16-17H,4-12H2,1-3H3/t13-,14-/m0/s1. The molecule has 3 nitrogen and oxygen atoms in total. The van der Waals surface area contributed by atoms with Crippen molar-refractivity contribution in [3.63, 3.8) is 0 Å². The van der Waals surface area contributed by atoms with Gasteiger partial charge in [0.25, 0.3) is 0 Å². The van der Waals surface area contributed by atoms with E-state index >= 15 is 0 Å². The molecule has 0 saturated heterocycles. The van der Waals surface area contributed by atoms with E-state index in [2.05, 4.69) is 11.8 Å². The van der Waals surface area contributed by atoms with Crippen molar-refractivity contribution in [3.8, 4) is 0 Å². The molecule has 0 bridgehead atoms. The van der Waals surface area contributed by atoms with E-state index < -0.39 is 0 Å². The van der Waals surface area contributed by atoms with E-state index in [0.29, 0.717) is 13.1 Å². The van der Waals surface area contributed by atoms with Crippen LogP contribution in [0.15, 0.2) is 0 Å². The number of nitrogens with zero attached hydrogens (tertiary/aromatic N) is 1. The number of unbranched alkanes of at least 4 members (excludes halogenated alkanes) is 5. The summed E-state index contributed by atoms with van der Waals surface area (Å²) in [6.07, 6.45) is 7.08. The van der Waals surface area contributed by atoms with Crippen LogP contribution in [0.2, 0.25) is 0 Å². The summed E-state index contributed by atoms with van der Waals surface area (Å²) in [4.78, 5) is 2.16. The third-order valence-electron chi connectivity index (χ3n) is 2.87. The van der Waals surface area contributed by atoms with Crippen LogP contribution in [0.1, 0.15) is 59.3 Å². The summed E-state index contributed by atoms with van der Waals surface area (Å²) < 4.78 is 0. The number of aliphatic hydroxyl groups is 2. The molecule has 0 unspecified atom stereocenters. The predicted molar refractivity (Wildman–Crippen MR) is 73.2 cm³/mol. The monoisotopic (exact) mass is 245 g/mol. The highest BCUT2D eigenvalue weighted by atomic mass is 16.3. The van der Waals surface area contributed by atoms with Crippen LogP contribution < -0.4 is 0 Å². The first-order valence-corrected chi connectivity index (χ1v) is 7.14. The van der Waals surface area contributed by atoms with Gasteiger partial charge in [-0.15, -0.1) is 0 Å². The Labute approximate surface area is 107 Å². The van der Waals surface area contributed by atoms with Crippen molar-refractivity contribution >= 4 is 0 Å². The smallest absolute Gasteiger partial charge is 0.0639 e. The minimum absolute atomic E-state index is 0.311. The van der Waals surface area contributed by atoms with E-state index in [1.54, 1.807) is 13.8 Å². The zero-order valence-corrected chi connectivity index (χ0v) is 11.9. The van der Waals surface area contributed by atoms with Crippen molar-refractivity contribution in [3.05, 3.63) is 0 Å². The fourth-order valence-electron chi connectivity index (χ4n) is 2.12. The Hall–Kier alpha value is -0.120. The lowest BCUT2D eigenvalue weighted by atomic mass is 10.1. The molecule has 2 atom stereocenters. The minimum atomic E-state index is -0.311. The Morgan fingerprint density at radius 1 is 0.824 bits per heavy atom. The summed E-state index contributed by atoms with van der Waals surface area (Å²) in [6, 6.07) is 0. The van der Waals surface area contributed by atoms with Gasteiger partial charge in [-0.05, 0) is 26.8 Å². The highest BCUT2D eigenvalue weighted by Gasteiger charge is 2.10. The van der Waals surface area contributed by atoms with Crippen LogP contribution in [0, 0.1) is 0 Å². The second-order valence-electron chi connectivity index (χ2n) is 5.23. The van der Waals surface area contributed by atoms with Crippen LogP contribution in [0.25, 0.3) is 0 Å². The van der Waals surface area contributed by atoms with Gasteiger partial charge in [0, 0.05) is 13.1 Å². The lowest BCUT2D eigenvalue weighted by Crippen LogP contribution is -2.36. The summed E-state index contributed by atoms with van der Waals surface area (Å²) in [5.74, 6) is 0. The molecule has 0 aromatic rings. The molecule has 0 aliphatic rings. The van der Waals surface area contributed by atoms with Crippen LogP contribution in [0.5, 0.6) is 0 Å². The molecule has 104 valence electrons. The van der Waals surface area contributed by atoms with Crippen LogP contribution in [-0.4, -0.2) is 47.0 Å². The third-order valence-corrected chi connectivity index (χ3v) is 2.87. The van der Waals surface area contributed by atoms with Crippen molar-refractivity contribution in [2.75, 3.05) is 19.6 Å². The zero-order chi connectivity index (χ0) is 13.1. The van der Waals surface area contributed by atoms with Crippen molar-refractivity contribution in [1.29, 1.82) is 0 Å². The Morgan fingerprint density at radius 3 is 1.76 bits per heavy atom. The van der Waals surface area contributed by atoms with E-state index in [1.807, 2.05) is 0 Å². The van der Waals surface area contributed by atoms with Crippen LogP contribution in [0.4, 0.5) is 0 Å². The lowest BCUT2D eigenvalue weighted by Gasteiger charge is -2.24. The number of hydrogen-bond donors (Lipinski definition) is 2. The quantitative estimate of drug-likeness (QED) is 0.549. The number of rotatable bonds is 11. The van der Waals surface area contributed by atoms with Crippen LogP contribution in [-0.2, 0) is 0 Å². The van der Waals surface area contributed by atoms with Crippen molar-refractivity contribution in [2.45, 2.75) is 71.5 Å². The summed E-state index contributed by atoms with van der Waals surface area (Å²) in [6.45, 7) is 8.15. The van der Waals surface area contributed by atoms with Gasteiger partial charge in [0.1, 0.15) is 0 Å². The largest absolute Gasteiger partial charge is 0.392 e. The Morgan fingerprint density at radius 2 is 1.29 bits per heavy atom. The fourth-order valence-corrected chi connectivity index (χ4v) is 2.12. The van der Waals surface area contributed by atoms with E-state index in [1.165, 1.54) is 38.5 Å². The average molecular weight is 245 g/mol. The zero-order valence-electron chi connectivity index (χ0n) is 11.9. The van der Waals surface area contributed by atoms with Gasteiger partial charge in [0.05, 0.1) is 12.2 Å². The maximum atomic E-state index is 9.39. The van der Waals surface area contributed by atoms with Gasteiger partial charge >= 0.3 is 0 Å². The molecule has 2 N–H and O–H groups in total. The highest BCUT2D eigenvalue weighted by molar-refractivity contribution is 4.64. The molecule has 0 fully saturated rings. The molecule has 0 rings (SSSR count). The topological polar surface area (TPSA) is 43.7 Å². The predicted octanol–water partition coefficient (Wildman–Crippen LogP) is 2.41. The van der Waals surface area contributed by atoms with Gasteiger partial charge in [-0.1, -0.05) is 39.0 Å². The fraction of sp³-hybridized carbons (Fsp3) is 1.00. The molecule has 0 aliphatic heterocycles. The Kier molecular flexibility index (Phi) is 10.9. The second kappa shape index (κ2) is 11.0. The van der Waals surface area contributed by atoms with Gasteiger partial charge in [0.15, 0.2) is 0 Å². The Balaban J connectivity index is 3.60. The van der Waals surface area contributed by atoms with Gasteiger partial charge in [-0.3, -0.25) is 4.90 Å². The summed E-state index contributed by atoms with van der Waals surface area (Å²) >= 11 is 0. The van der Waals surface area contributed by atoms with E-state index in [4.69, 9.17) is 0 Å². The van der Waals surface area contributed by atoms with Crippen LogP contribution >= 0.6 is 0 Å². The number of hydrogen-bond acceptors (Lipinski definition) is 3. The minimum Gasteiger partial charge on any atom is -0.392 e. The van der Waals surface area contributed by atoms with E-state index in [-0.39, 0.29) is 12.2 Å². The summed E-state index contributed by atoms with van der Waals surface area (Å²) in [5, 5.41) is 18.8. The van der Waals surface area contributed by atoms with Crippen LogP contribution in [0.3, 0.4) is 0 Å². The lowest BCUT2D eigenvalue weighted by molar-refractivity contribution is 0.0825. The second-order valence-corrected chi connectivity index (χ2v) is 5.23. The molecular formula is C14H31NO2. The molecule has 3 heteroatoms. The van der Waals surface area contributed by atoms with Gasteiger partial charge < -0.3 is 10.2 Å². The first kappa shape index (κ1) is 16.9. The molecular weight excluding hydrogens is 214 g/mol. The summed E-state index contributed by atoms with van der Waals surface area (Å²) in [7, 11) is 0. The molecule has 0 aromatic carbocycles. The summed E-state index contributed by atoms with van der Waals surface area (Å²) in [5.41, 5.74) is 0. The van der Waals surface area contributed by atoms with Crippen molar-refractivity contribution < 1.29 is 10.2 Å². The highest BCUT2D eigenvalue weighted by Crippen LogP contribution is 2.06. The molecule has 0 amide bonds. The average Bonchev–Trinajstić information content (AvgIpc) is 2.21. The molecule has 17 heavy (non-hydrogen) atoms. The van der Waals surface area contributed by atoms with Gasteiger partial charge in [-0.2, -0.15) is 0 Å². The maximum Gasteiger partial charge on any atom is 0.0639 e. The normalized spacial score (nSPS) is 15.2. The van der Waals surface area contributed by atoms with Crippen molar-refractivity contribution in [2.24, 2.45) is 0 Å². The third kappa shape index (κ3) is 12.1. The molecule has 0 saturated carbocycles. The van der Waals surface area contributed by atoms with E-state index in [9.17, 15) is 10.2 Å². The first-order valence-electron chi connectivity index (χ1n) is 7.14. The van der Waals surface area contributed by atoms with Crippen molar-refractivity contribution in [1.82, 2.24) is 4.90 Å². The maximum absolute atomic E-state index is 9.39. The molecule has 0 radical (unpaired) electrons. The number of aliphatic hydroxyl groups excluding tert-OH is 2. The Bertz CT molecular complexity index is 150. The van der Waals surface area contributed by atoms with E-state index in [0.717, 1.165) is 6.54 Å².